The van der Waals surface area contributed by atoms with Crippen molar-refractivity contribution in [3.8, 4) is 0 Å². The Kier molecular flexibility index (Phi) is 8.02. The van der Waals surface area contributed by atoms with Crippen LogP contribution in [-0.2, 0) is 9.59 Å². The normalized spacial score (nSPS) is 26.4. The van der Waals surface area contributed by atoms with Gasteiger partial charge in [0.2, 0.25) is 0 Å². The Hall–Kier alpha value is -3.01. The number of carbonyl (C=O) groups excluding carboxylic acids is 3. The molecular formula is C33H42O4. The molecule has 2 aliphatic rings. The molecule has 1 N–H and O–H groups in total. The molecule has 0 amide bonds. The first-order chi connectivity index (χ1) is 17.2. The van der Waals surface area contributed by atoms with Crippen LogP contribution in [0.2, 0.25) is 0 Å². The molecule has 1 aromatic rings. The van der Waals surface area contributed by atoms with E-state index in [1.54, 1.807) is 24.3 Å². The SMILES string of the molecule is CC(C)=CCC1=C(O)C2(CC=C(C)C)C(=O)C(C(=O)c3ccccc3)(CC(CC=C(C)C)C2(C)C)C1=O. The molecule has 0 aromatic heterocycles. The third-order valence-electron chi connectivity index (χ3n) is 8.57. The molecule has 1 fully saturated rings. The molecule has 3 rings (SSSR count). The van der Waals surface area contributed by atoms with Gasteiger partial charge in [-0.05, 0) is 78.6 Å². The van der Waals surface area contributed by atoms with E-state index in [1.165, 1.54) is 0 Å². The molecule has 2 aliphatic carbocycles. The fourth-order valence-corrected chi connectivity index (χ4v) is 6.15. The van der Waals surface area contributed by atoms with Gasteiger partial charge in [-0.15, -0.1) is 0 Å². The van der Waals surface area contributed by atoms with Crippen molar-refractivity contribution in [3.63, 3.8) is 0 Å². The van der Waals surface area contributed by atoms with Crippen LogP contribution in [0.15, 0.2) is 76.6 Å². The number of hydrogen-bond acceptors (Lipinski definition) is 4. The molecule has 3 atom stereocenters. The Balaban J connectivity index is 2.44. The second-order valence-electron chi connectivity index (χ2n) is 12.1. The molecule has 0 heterocycles. The van der Waals surface area contributed by atoms with Gasteiger partial charge in [0.05, 0.1) is 5.41 Å². The lowest BCUT2D eigenvalue weighted by Crippen LogP contribution is -2.68. The highest BCUT2D eigenvalue weighted by Gasteiger charge is 2.73. The third-order valence-corrected chi connectivity index (χ3v) is 8.57. The average Bonchev–Trinajstić information content (AvgIpc) is 2.82. The van der Waals surface area contributed by atoms with Gasteiger partial charge in [0, 0.05) is 11.1 Å². The Morgan fingerprint density at radius 1 is 0.919 bits per heavy atom. The monoisotopic (exact) mass is 502 g/mol. The van der Waals surface area contributed by atoms with Crippen molar-refractivity contribution in [1.29, 1.82) is 0 Å². The van der Waals surface area contributed by atoms with Gasteiger partial charge >= 0.3 is 0 Å². The fraction of sp³-hybridized carbons (Fsp3) is 0.485. The first-order valence-electron chi connectivity index (χ1n) is 13.3. The van der Waals surface area contributed by atoms with Crippen LogP contribution in [-0.4, -0.2) is 22.5 Å². The average molecular weight is 503 g/mol. The Morgan fingerprint density at radius 2 is 1.49 bits per heavy atom. The number of Topliss-reactive ketones (excluding diaryl/α,β-unsaturated/α-hetero) is 3. The molecule has 0 aliphatic heterocycles. The van der Waals surface area contributed by atoms with Crippen LogP contribution in [0.5, 0.6) is 0 Å². The second kappa shape index (κ2) is 10.4. The summed E-state index contributed by atoms with van der Waals surface area (Å²) in [6, 6.07) is 8.67. The number of rotatable bonds is 8. The van der Waals surface area contributed by atoms with Gasteiger partial charge in [-0.25, -0.2) is 0 Å². The molecule has 1 aromatic carbocycles. The highest BCUT2D eigenvalue weighted by Crippen LogP contribution is 2.66. The zero-order valence-electron chi connectivity index (χ0n) is 23.7. The number of hydrogen-bond donors (Lipinski definition) is 1. The predicted molar refractivity (Wildman–Crippen MR) is 149 cm³/mol. The van der Waals surface area contributed by atoms with E-state index in [-0.39, 0.29) is 36.5 Å². The van der Waals surface area contributed by atoms with E-state index in [0.717, 1.165) is 16.7 Å². The summed E-state index contributed by atoms with van der Waals surface area (Å²) in [5.41, 5.74) is -0.253. The highest BCUT2D eigenvalue weighted by molar-refractivity contribution is 6.35. The van der Waals surface area contributed by atoms with Gasteiger partial charge in [0.1, 0.15) is 5.76 Å². The molecule has 0 radical (unpaired) electrons. The molecular weight excluding hydrogens is 460 g/mol. The van der Waals surface area contributed by atoms with E-state index in [9.17, 15) is 19.5 Å². The van der Waals surface area contributed by atoms with E-state index in [1.807, 2.05) is 73.6 Å². The number of allylic oxidation sites excluding steroid dienone is 8. The lowest BCUT2D eigenvalue weighted by molar-refractivity contribution is -0.165. The van der Waals surface area contributed by atoms with Gasteiger partial charge < -0.3 is 5.11 Å². The smallest absolute Gasteiger partial charge is 0.184 e. The molecule has 3 unspecified atom stereocenters. The van der Waals surface area contributed by atoms with Gasteiger partial charge in [0.15, 0.2) is 22.8 Å². The van der Waals surface area contributed by atoms with Crippen molar-refractivity contribution in [2.75, 3.05) is 0 Å². The molecule has 2 bridgehead atoms. The molecule has 37 heavy (non-hydrogen) atoms. The van der Waals surface area contributed by atoms with Crippen molar-refractivity contribution < 1.29 is 19.5 Å². The van der Waals surface area contributed by atoms with Crippen molar-refractivity contribution in [2.45, 2.75) is 81.1 Å². The first kappa shape index (κ1) is 28.6. The number of aliphatic hydroxyl groups excluding tert-OH is 1. The number of ketones is 3. The maximum atomic E-state index is 14.8. The van der Waals surface area contributed by atoms with Crippen LogP contribution in [0.25, 0.3) is 0 Å². The minimum absolute atomic E-state index is 0.136. The topological polar surface area (TPSA) is 71.4 Å². The molecule has 0 saturated heterocycles. The molecule has 198 valence electrons. The number of aliphatic hydroxyl groups is 1. The lowest BCUT2D eigenvalue weighted by Gasteiger charge is -2.60. The summed E-state index contributed by atoms with van der Waals surface area (Å²) >= 11 is 0. The van der Waals surface area contributed by atoms with Crippen LogP contribution in [0.1, 0.15) is 91.4 Å². The maximum Gasteiger partial charge on any atom is 0.184 e. The van der Waals surface area contributed by atoms with Crippen molar-refractivity contribution in [2.24, 2.45) is 22.2 Å². The van der Waals surface area contributed by atoms with E-state index < -0.39 is 33.6 Å². The van der Waals surface area contributed by atoms with Crippen LogP contribution >= 0.6 is 0 Å². The van der Waals surface area contributed by atoms with Crippen molar-refractivity contribution in [1.82, 2.24) is 0 Å². The zero-order valence-corrected chi connectivity index (χ0v) is 23.7. The standard InChI is InChI=1S/C33H42O4/c1-21(2)14-16-25-20-32(27(34)24-12-10-9-11-13-24)28(35)26(17-15-22(3)4)29(36)33(30(32)37,31(25,7)8)19-18-23(5)6/h9-15,18,25,36H,16-17,19-20H2,1-8H3. The summed E-state index contributed by atoms with van der Waals surface area (Å²) in [7, 11) is 0. The van der Waals surface area contributed by atoms with E-state index >= 15 is 0 Å². The summed E-state index contributed by atoms with van der Waals surface area (Å²) in [6.07, 6.45) is 7.15. The summed E-state index contributed by atoms with van der Waals surface area (Å²) in [6.45, 7) is 15.9. The molecule has 4 heteroatoms. The zero-order chi connectivity index (χ0) is 27.8. The Labute approximate surface area is 222 Å². The second-order valence-corrected chi connectivity index (χ2v) is 12.1. The van der Waals surface area contributed by atoms with Crippen LogP contribution in [0.4, 0.5) is 0 Å². The number of fused-ring (bicyclic) bond motifs is 2. The molecule has 0 spiro atoms. The van der Waals surface area contributed by atoms with Gasteiger partial charge in [-0.2, -0.15) is 0 Å². The van der Waals surface area contributed by atoms with Crippen LogP contribution in [0, 0.1) is 22.2 Å². The first-order valence-corrected chi connectivity index (χ1v) is 13.3. The predicted octanol–water partition coefficient (Wildman–Crippen LogP) is 7.92. The summed E-state index contributed by atoms with van der Waals surface area (Å²) < 4.78 is 0. The lowest BCUT2D eigenvalue weighted by atomic mass is 9.40. The highest BCUT2D eigenvalue weighted by atomic mass is 16.3. The Bertz CT molecular complexity index is 1210. The van der Waals surface area contributed by atoms with Crippen LogP contribution < -0.4 is 0 Å². The Morgan fingerprint density at radius 3 is 2.03 bits per heavy atom. The van der Waals surface area contributed by atoms with Gasteiger partial charge in [0.25, 0.3) is 0 Å². The number of carbonyl (C=O) groups is 3. The summed E-state index contributed by atoms with van der Waals surface area (Å²) in [5, 5.41) is 11.9. The van der Waals surface area contributed by atoms with E-state index in [2.05, 4.69) is 6.08 Å². The van der Waals surface area contributed by atoms with Gasteiger partial charge in [-0.3, -0.25) is 14.4 Å². The van der Waals surface area contributed by atoms with E-state index in [0.29, 0.717) is 12.0 Å². The van der Waals surface area contributed by atoms with Crippen molar-refractivity contribution in [3.05, 3.63) is 82.2 Å². The minimum Gasteiger partial charge on any atom is -0.511 e. The molecule has 4 nitrogen and oxygen atoms in total. The molecule has 1 saturated carbocycles. The van der Waals surface area contributed by atoms with Crippen molar-refractivity contribution >= 4 is 17.3 Å². The van der Waals surface area contributed by atoms with Crippen LogP contribution in [0.3, 0.4) is 0 Å². The van der Waals surface area contributed by atoms with E-state index in [4.69, 9.17) is 0 Å². The van der Waals surface area contributed by atoms with Gasteiger partial charge in [-0.1, -0.05) is 79.1 Å². The summed E-state index contributed by atoms with van der Waals surface area (Å²) in [5.74, 6) is -1.76. The quantitative estimate of drug-likeness (QED) is 0.223. The number of benzene rings is 1. The summed E-state index contributed by atoms with van der Waals surface area (Å²) in [4.78, 5) is 43.5. The minimum atomic E-state index is -1.86. The maximum absolute atomic E-state index is 14.8. The largest absolute Gasteiger partial charge is 0.511 e. The third kappa shape index (κ3) is 4.60. The fourth-order valence-electron chi connectivity index (χ4n) is 6.15.